The number of ether oxygens (including phenoxy) is 1. The van der Waals surface area contributed by atoms with Gasteiger partial charge in [-0.3, -0.25) is 15.1 Å². The molecule has 6 heteroatoms. The lowest BCUT2D eigenvalue weighted by Gasteiger charge is -2.09. The summed E-state index contributed by atoms with van der Waals surface area (Å²) in [6.07, 6.45) is 1.56. The summed E-state index contributed by atoms with van der Waals surface area (Å²) in [5.41, 5.74) is 1.27. The van der Waals surface area contributed by atoms with Crippen LogP contribution in [0.1, 0.15) is 11.3 Å². The fourth-order valence-electron chi connectivity index (χ4n) is 1.64. The fourth-order valence-corrected chi connectivity index (χ4v) is 1.82. The van der Waals surface area contributed by atoms with E-state index < -0.39 is 4.92 Å². The molecule has 1 aromatic heterocycles. The molecule has 0 N–H and O–H groups in total. The van der Waals surface area contributed by atoms with Crippen molar-refractivity contribution in [2.45, 2.75) is 13.5 Å². The van der Waals surface area contributed by atoms with Crippen LogP contribution in [0.5, 0.6) is 5.75 Å². The summed E-state index contributed by atoms with van der Waals surface area (Å²) in [5, 5.41) is 11.5. The Kier molecular flexibility index (Phi) is 3.97. The van der Waals surface area contributed by atoms with Crippen molar-refractivity contribution in [2.75, 3.05) is 0 Å². The summed E-state index contributed by atoms with van der Waals surface area (Å²) in [6, 6.07) is 8.10. The van der Waals surface area contributed by atoms with Crippen LogP contribution >= 0.6 is 11.6 Å². The molecular weight excluding hydrogens is 268 g/mol. The molecule has 0 amide bonds. The molecule has 0 saturated heterocycles. The first-order chi connectivity index (χ1) is 9.08. The molecule has 0 radical (unpaired) electrons. The monoisotopic (exact) mass is 278 g/mol. The van der Waals surface area contributed by atoms with Gasteiger partial charge < -0.3 is 4.74 Å². The maximum atomic E-state index is 10.9. The van der Waals surface area contributed by atoms with Crippen molar-refractivity contribution in [3.8, 4) is 5.75 Å². The normalized spacial score (nSPS) is 10.2. The van der Waals surface area contributed by atoms with Gasteiger partial charge in [0.05, 0.1) is 10.6 Å². The van der Waals surface area contributed by atoms with E-state index in [1.54, 1.807) is 37.4 Å². The first-order valence-corrected chi connectivity index (χ1v) is 5.93. The molecular formula is C13H11ClN2O3. The van der Waals surface area contributed by atoms with Crippen molar-refractivity contribution in [3.63, 3.8) is 0 Å². The molecule has 98 valence electrons. The topological polar surface area (TPSA) is 65.3 Å². The second-order valence-corrected chi connectivity index (χ2v) is 4.37. The van der Waals surface area contributed by atoms with E-state index in [9.17, 15) is 10.1 Å². The van der Waals surface area contributed by atoms with Crippen LogP contribution in [0.2, 0.25) is 5.02 Å². The number of aromatic nitrogens is 1. The van der Waals surface area contributed by atoms with Crippen LogP contribution in [-0.2, 0) is 6.61 Å². The fraction of sp³-hybridized carbons (Fsp3) is 0.154. The molecule has 0 aliphatic carbocycles. The van der Waals surface area contributed by atoms with E-state index in [1.807, 2.05) is 0 Å². The Morgan fingerprint density at radius 2 is 2.21 bits per heavy atom. The minimum atomic E-state index is -0.465. The standard InChI is InChI=1S/C13H11ClN2O3/c1-9-3-2-4-12(16(17)18)13(9)19-8-11-7-10(14)5-6-15-11/h2-7H,8H2,1H3. The summed E-state index contributed by atoms with van der Waals surface area (Å²) < 4.78 is 5.51. The molecule has 0 bridgehead atoms. The van der Waals surface area contributed by atoms with Gasteiger partial charge >= 0.3 is 5.69 Å². The number of hydrogen-bond donors (Lipinski definition) is 0. The molecule has 0 aliphatic heterocycles. The van der Waals surface area contributed by atoms with Gasteiger partial charge in [0.2, 0.25) is 0 Å². The highest BCUT2D eigenvalue weighted by Crippen LogP contribution is 2.30. The maximum Gasteiger partial charge on any atom is 0.311 e. The Bertz CT molecular complexity index is 617. The highest BCUT2D eigenvalue weighted by Gasteiger charge is 2.17. The van der Waals surface area contributed by atoms with Crippen LogP contribution in [0.3, 0.4) is 0 Å². The van der Waals surface area contributed by atoms with Crippen molar-refractivity contribution in [2.24, 2.45) is 0 Å². The van der Waals surface area contributed by atoms with Crippen LogP contribution in [0.25, 0.3) is 0 Å². The molecule has 0 aliphatic rings. The highest BCUT2D eigenvalue weighted by molar-refractivity contribution is 6.30. The van der Waals surface area contributed by atoms with E-state index in [-0.39, 0.29) is 18.0 Å². The molecule has 0 fully saturated rings. The minimum Gasteiger partial charge on any atom is -0.480 e. The first-order valence-electron chi connectivity index (χ1n) is 5.55. The second kappa shape index (κ2) is 5.67. The van der Waals surface area contributed by atoms with Gasteiger partial charge in [-0.2, -0.15) is 0 Å². The second-order valence-electron chi connectivity index (χ2n) is 3.93. The summed E-state index contributed by atoms with van der Waals surface area (Å²) in [5.74, 6) is 0.259. The molecule has 0 atom stereocenters. The van der Waals surface area contributed by atoms with Crippen molar-refractivity contribution in [1.82, 2.24) is 4.98 Å². The predicted molar refractivity (Wildman–Crippen MR) is 71.4 cm³/mol. The zero-order valence-electron chi connectivity index (χ0n) is 10.2. The Hall–Kier alpha value is -2.14. The molecule has 2 aromatic rings. The Morgan fingerprint density at radius 3 is 2.89 bits per heavy atom. The number of para-hydroxylation sites is 1. The number of halogens is 1. The predicted octanol–water partition coefficient (Wildman–Crippen LogP) is 3.53. The van der Waals surface area contributed by atoms with Crippen LogP contribution in [-0.4, -0.2) is 9.91 Å². The van der Waals surface area contributed by atoms with Crippen LogP contribution in [0.15, 0.2) is 36.5 Å². The number of pyridine rings is 1. The third kappa shape index (κ3) is 3.20. The van der Waals surface area contributed by atoms with Gasteiger partial charge in [-0.25, -0.2) is 0 Å². The molecule has 0 spiro atoms. The van der Waals surface area contributed by atoms with E-state index in [1.165, 1.54) is 6.07 Å². The zero-order valence-corrected chi connectivity index (χ0v) is 10.9. The molecule has 2 rings (SSSR count). The van der Waals surface area contributed by atoms with Gasteiger partial charge in [0.1, 0.15) is 6.61 Å². The summed E-state index contributed by atoms with van der Waals surface area (Å²) >= 11 is 5.84. The summed E-state index contributed by atoms with van der Waals surface area (Å²) in [7, 11) is 0. The first kappa shape index (κ1) is 13.3. The molecule has 0 saturated carbocycles. The van der Waals surface area contributed by atoms with E-state index in [0.717, 1.165) is 0 Å². The molecule has 19 heavy (non-hydrogen) atoms. The lowest BCUT2D eigenvalue weighted by Crippen LogP contribution is -2.02. The van der Waals surface area contributed by atoms with E-state index in [2.05, 4.69) is 4.98 Å². The Balaban J connectivity index is 2.22. The number of aryl methyl sites for hydroxylation is 1. The largest absolute Gasteiger partial charge is 0.480 e. The number of nitro groups is 1. The molecule has 5 nitrogen and oxygen atoms in total. The Labute approximate surface area is 115 Å². The number of rotatable bonds is 4. The van der Waals surface area contributed by atoms with Gasteiger partial charge in [-0.05, 0) is 24.6 Å². The molecule has 1 aromatic carbocycles. The minimum absolute atomic E-state index is 0.0537. The van der Waals surface area contributed by atoms with Crippen molar-refractivity contribution in [3.05, 3.63) is 62.9 Å². The van der Waals surface area contributed by atoms with Gasteiger partial charge in [-0.15, -0.1) is 0 Å². The third-order valence-corrected chi connectivity index (χ3v) is 2.77. The molecule has 0 unspecified atom stereocenters. The van der Waals surface area contributed by atoms with Gasteiger partial charge in [-0.1, -0.05) is 23.7 Å². The summed E-state index contributed by atoms with van der Waals surface area (Å²) in [6.45, 7) is 1.89. The van der Waals surface area contributed by atoms with Crippen LogP contribution in [0.4, 0.5) is 5.69 Å². The van der Waals surface area contributed by atoms with Crippen molar-refractivity contribution in [1.29, 1.82) is 0 Å². The number of hydrogen-bond acceptors (Lipinski definition) is 4. The van der Waals surface area contributed by atoms with Crippen LogP contribution in [0, 0.1) is 17.0 Å². The van der Waals surface area contributed by atoms with Crippen LogP contribution < -0.4 is 4.74 Å². The number of nitro benzene ring substituents is 1. The van der Waals surface area contributed by atoms with Gasteiger partial charge in [0, 0.05) is 17.3 Å². The smallest absolute Gasteiger partial charge is 0.311 e. The quantitative estimate of drug-likeness (QED) is 0.634. The highest BCUT2D eigenvalue weighted by atomic mass is 35.5. The maximum absolute atomic E-state index is 10.9. The van der Waals surface area contributed by atoms with Crippen molar-refractivity contribution < 1.29 is 9.66 Å². The van der Waals surface area contributed by atoms with Gasteiger partial charge in [0.25, 0.3) is 0 Å². The molecule has 1 heterocycles. The zero-order chi connectivity index (χ0) is 13.8. The SMILES string of the molecule is Cc1cccc([N+](=O)[O-])c1OCc1cc(Cl)ccn1. The van der Waals surface area contributed by atoms with Gasteiger partial charge in [0.15, 0.2) is 5.75 Å². The third-order valence-electron chi connectivity index (χ3n) is 2.53. The number of benzene rings is 1. The lowest BCUT2D eigenvalue weighted by molar-refractivity contribution is -0.386. The Morgan fingerprint density at radius 1 is 1.42 bits per heavy atom. The van der Waals surface area contributed by atoms with E-state index in [4.69, 9.17) is 16.3 Å². The summed E-state index contributed by atoms with van der Waals surface area (Å²) in [4.78, 5) is 14.5. The lowest BCUT2D eigenvalue weighted by atomic mass is 10.2. The van der Waals surface area contributed by atoms with E-state index in [0.29, 0.717) is 16.3 Å². The van der Waals surface area contributed by atoms with E-state index >= 15 is 0 Å². The average Bonchev–Trinajstić information content (AvgIpc) is 2.37. The average molecular weight is 279 g/mol. The van der Waals surface area contributed by atoms with Crippen molar-refractivity contribution >= 4 is 17.3 Å². The number of nitrogens with zero attached hydrogens (tertiary/aromatic N) is 2.